The third kappa shape index (κ3) is 1.61. The van der Waals surface area contributed by atoms with Crippen LogP contribution >= 0.6 is 0 Å². The molecular formula is C14H14N6. The molecule has 6 heteroatoms. The fourth-order valence-corrected chi connectivity index (χ4v) is 2.60. The first-order valence-corrected chi connectivity index (χ1v) is 6.75. The standard InChI is InChI=1S/C14H14N6/c1-8-9(2)18-14-13(17-8)12(15-7-16-14)10-6-20-5-3-4-11(20)19-10/h6-7H,3-5H2,1-2H3. The Balaban J connectivity index is 1.96. The normalized spacial score (nSPS) is 13.9. The lowest BCUT2D eigenvalue weighted by molar-refractivity contribution is 0.750. The monoisotopic (exact) mass is 266 g/mol. The summed E-state index contributed by atoms with van der Waals surface area (Å²) < 4.78 is 2.19. The van der Waals surface area contributed by atoms with E-state index in [0.717, 1.165) is 47.1 Å². The van der Waals surface area contributed by atoms with E-state index < -0.39 is 0 Å². The van der Waals surface area contributed by atoms with Gasteiger partial charge in [0.15, 0.2) is 5.65 Å². The van der Waals surface area contributed by atoms with E-state index in [1.807, 2.05) is 13.8 Å². The second-order valence-corrected chi connectivity index (χ2v) is 5.13. The average Bonchev–Trinajstić information content (AvgIpc) is 3.00. The van der Waals surface area contributed by atoms with Crippen LogP contribution in [0.5, 0.6) is 0 Å². The van der Waals surface area contributed by atoms with Gasteiger partial charge in [-0.3, -0.25) is 0 Å². The molecule has 0 aliphatic carbocycles. The van der Waals surface area contributed by atoms with E-state index in [1.165, 1.54) is 12.7 Å². The highest BCUT2D eigenvalue weighted by atomic mass is 15.1. The van der Waals surface area contributed by atoms with E-state index in [-0.39, 0.29) is 0 Å². The molecule has 0 saturated heterocycles. The largest absolute Gasteiger partial charge is 0.334 e. The maximum atomic E-state index is 4.67. The van der Waals surface area contributed by atoms with Crippen LogP contribution in [0.3, 0.4) is 0 Å². The number of rotatable bonds is 1. The zero-order chi connectivity index (χ0) is 13.7. The van der Waals surface area contributed by atoms with E-state index in [0.29, 0.717) is 5.65 Å². The van der Waals surface area contributed by atoms with Crippen LogP contribution in [-0.2, 0) is 13.0 Å². The van der Waals surface area contributed by atoms with Gasteiger partial charge in [-0.15, -0.1) is 0 Å². The fourth-order valence-electron chi connectivity index (χ4n) is 2.60. The third-order valence-corrected chi connectivity index (χ3v) is 3.78. The Hall–Kier alpha value is -2.37. The number of hydrogen-bond acceptors (Lipinski definition) is 5. The van der Waals surface area contributed by atoms with Crippen molar-refractivity contribution in [3.63, 3.8) is 0 Å². The van der Waals surface area contributed by atoms with Crippen molar-refractivity contribution in [1.29, 1.82) is 0 Å². The van der Waals surface area contributed by atoms with Crippen molar-refractivity contribution in [2.45, 2.75) is 33.2 Å². The number of imidazole rings is 1. The predicted octanol–water partition coefficient (Wildman–Crippen LogP) is 1.85. The molecular weight excluding hydrogens is 252 g/mol. The van der Waals surface area contributed by atoms with Gasteiger partial charge >= 0.3 is 0 Å². The van der Waals surface area contributed by atoms with Gasteiger partial charge in [-0.05, 0) is 20.3 Å². The van der Waals surface area contributed by atoms with Crippen molar-refractivity contribution in [2.75, 3.05) is 0 Å². The van der Waals surface area contributed by atoms with Gasteiger partial charge in [0, 0.05) is 19.2 Å². The van der Waals surface area contributed by atoms with Gasteiger partial charge in [0.25, 0.3) is 0 Å². The SMILES string of the molecule is Cc1nc2ncnc(-c3cn4c(n3)CCC4)c2nc1C. The van der Waals surface area contributed by atoms with Gasteiger partial charge < -0.3 is 4.57 Å². The van der Waals surface area contributed by atoms with Crippen LogP contribution in [0.25, 0.3) is 22.6 Å². The van der Waals surface area contributed by atoms with E-state index >= 15 is 0 Å². The fraction of sp³-hybridized carbons (Fsp3) is 0.357. The molecule has 0 unspecified atom stereocenters. The third-order valence-electron chi connectivity index (χ3n) is 3.78. The highest BCUT2D eigenvalue weighted by Crippen LogP contribution is 2.25. The van der Waals surface area contributed by atoms with Crippen LogP contribution in [0, 0.1) is 13.8 Å². The average molecular weight is 266 g/mol. The summed E-state index contributed by atoms with van der Waals surface area (Å²) in [5, 5.41) is 0. The molecule has 1 aliphatic rings. The molecule has 0 saturated carbocycles. The lowest BCUT2D eigenvalue weighted by atomic mass is 10.2. The van der Waals surface area contributed by atoms with Crippen molar-refractivity contribution < 1.29 is 0 Å². The highest BCUT2D eigenvalue weighted by molar-refractivity contribution is 5.85. The molecule has 4 heterocycles. The zero-order valence-electron chi connectivity index (χ0n) is 11.5. The molecule has 6 nitrogen and oxygen atoms in total. The number of hydrogen-bond donors (Lipinski definition) is 0. The molecule has 0 fully saturated rings. The molecule has 4 rings (SSSR count). The first kappa shape index (κ1) is 11.5. The summed E-state index contributed by atoms with van der Waals surface area (Å²) in [6.45, 7) is 4.93. The maximum absolute atomic E-state index is 4.67. The lowest BCUT2D eigenvalue weighted by Crippen LogP contribution is -1.99. The molecule has 20 heavy (non-hydrogen) atoms. The predicted molar refractivity (Wildman–Crippen MR) is 74.1 cm³/mol. The van der Waals surface area contributed by atoms with Crippen molar-refractivity contribution >= 4 is 11.2 Å². The second kappa shape index (κ2) is 4.06. The quantitative estimate of drug-likeness (QED) is 0.672. The van der Waals surface area contributed by atoms with Crippen molar-refractivity contribution in [3.05, 3.63) is 29.7 Å². The number of nitrogens with zero attached hydrogens (tertiary/aromatic N) is 6. The van der Waals surface area contributed by atoms with Crippen LogP contribution in [0.15, 0.2) is 12.5 Å². The molecule has 1 aliphatic heterocycles. The second-order valence-electron chi connectivity index (χ2n) is 5.13. The van der Waals surface area contributed by atoms with E-state index in [2.05, 4.69) is 35.7 Å². The van der Waals surface area contributed by atoms with Gasteiger partial charge in [0.05, 0.1) is 11.4 Å². The van der Waals surface area contributed by atoms with Crippen LogP contribution < -0.4 is 0 Å². The Morgan fingerprint density at radius 2 is 1.90 bits per heavy atom. The lowest BCUT2D eigenvalue weighted by Gasteiger charge is -2.04. The molecule has 100 valence electrons. The van der Waals surface area contributed by atoms with Gasteiger partial charge in [0.2, 0.25) is 0 Å². The van der Waals surface area contributed by atoms with Gasteiger partial charge in [-0.1, -0.05) is 0 Å². The van der Waals surface area contributed by atoms with E-state index in [1.54, 1.807) is 0 Å². The highest BCUT2D eigenvalue weighted by Gasteiger charge is 2.18. The first-order chi connectivity index (χ1) is 9.72. The molecule has 3 aromatic rings. The Bertz CT molecular complexity index is 798. The maximum Gasteiger partial charge on any atom is 0.182 e. The molecule has 0 radical (unpaired) electrons. The summed E-state index contributed by atoms with van der Waals surface area (Å²) in [6, 6.07) is 0. The summed E-state index contributed by atoms with van der Waals surface area (Å²) >= 11 is 0. The van der Waals surface area contributed by atoms with Crippen LogP contribution in [0.2, 0.25) is 0 Å². The molecule has 3 aromatic heterocycles. The number of fused-ring (bicyclic) bond motifs is 2. The molecule has 0 amide bonds. The number of aryl methyl sites for hydroxylation is 4. The minimum Gasteiger partial charge on any atom is -0.334 e. The minimum absolute atomic E-state index is 0.631. The van der Waals surface area contributed by atoms with Crippen molar-refractivity contribution in [3.8, 4) is 11.4 Å². The molecule has 0 bridgehead atoms. The molecule has 0 spiro atoms. The van der Waals surface area contributed by atoms with Gasteiger partial charge in [-0.25, -0.2) is 24.9 Å². The van der Waals surface area contributed by atoms with Crippen LogP contribution in [0.1, 0.15) is 23.6 Å². The summed E-state index contributed by atoms with van der Waals surface area (Å²) in [5.41, 5.74) is 4.80. The Morgan fingerprint density at radius 1 is 1.05 bits per heavy atom. The van der Waals surface area contributed by atoms with Gasteiger partial charge in [-0.2, -0.15) is 0 Å². The van der Waals surface area contributed by atoms with Crippen molar-refractivity contribution in [1.82, 2.24) is 29.5 Å². The number of aromatic nitrogens is 6. The Morgan fingerprint density at radius 3 is 2.75 bits per heavy atom. The summed E-state index contributed by atoms with van der Waals surface area (Å²) in [6.07, 6.45) is 5.80. The first-order valence-electron chi connectivity index (χ1n) is 6.75. The van der Waals surface area contributed by atoms with Crippen LogP contribution in [-0.4, -0.2) is 29.5 Å². The molecule has 0 aromatic carbocycles. The summed E-state index contributed by atoms with van der Waals surface area (Å²) in [4.78, 5) is 22.3. The Labute approximate surface area is 116 Å². The molecule has 0 N–H and O–H groups in total. The zero-order valence-corrected chi connectivity index (χ0v) is 11.5. The topological polar surface area (TPSA) is 69.4 Å². The Kier molecular flexibility index (Phi) is 2.33. The van der Waals surface area contributed by atoms with Gasteiger partial charge in [0.1, 0.15) is 29.1 Å². The van der Waals surface area contributed by atoms with E-state index in [4.69, 9.17) is 0 Å². The van der Waals surface area contributed by atoms with E-state index in [9.17, 15) is 0 Å². The summed E-state index contributed by atoms with van der Waals surface area (Å²) in [7, 11) is 0. The summed E-state index contributed by atoms with van der Waals surface area (Å²) in [5.74, 6) is 1.13. The van der Waals surface area contributed by atoms with Crippen LogP contribution in [0.4, 0.5) is 0 Å². The van der Waals surface area contributed by atoms with Crippen molar-refractivity contribution in [2.24, 2.45) is 0 Å². The molecule has 0 atom stereocenters. The minimum atomic E-state index is 0.631. The smallest absolute Gasteiger partial charge is 0.182 e.